The third kappa shape index (κ3) is 3.09. The molecule has 0 aromatic heterocycles. The Morgan fingerprint density at radius 1 is 1.53 bits per heavy atom. The third-order valence-electron chi connectivity index (χ3n) is 2.63. The van der Waals surface area contributed by atoms with E-state index in [0.717, 1.165) is 13.3 Å². The summed E-state index contributed by atoms with van der Waals surface area (Å²) in [4.78, 5) is 12.7. The van der Waals surface area contributed by atoms with Gasteiger partial charge in [-0.1, -0.05) is 0 Å². The number of nitrogens with zero attached hydrogens (tertiary/aromatic N) is 1. The van der Waals surface area contributed by atoms with Gasteiger partial charge in [-0.3, -0.25) is 4.79 Å². The van der Waals surface area contributed by atoms with Crippen molar-refractivity contribution in [1.29, 1.82) is 0 Å². The van der Waals surface area contributed by atoms with Crippen molar-refractivity contribution in [2.45, 2.75) is 32.0 Å². The summed E-state index contributed by atoms with van der Waals surface area (Å²) in [5.74, 6) is -2.79. The molecule has 1 rings (SSSR count). The lowest BCUT2D eigenvalue weighted by Gasteiger charge is -2.33. The van der Waals surface area contributed by atoms with Gasteiger partial charge in [0, 0.05) is 19.1 Å². The van der Waals surface area contributed by atoms with Gasteiger partial charge in [0.1, 0.15) is 5.92 Å². The van der Waals surface area contributed by atoms with Crippen molar-refractivity contribution in [2.24, 2.45) is 11.7 Å². The van der Waals surface area contributed by atoms with Crippen molar-refractivity contribution >= 4 is 5.91 Å². The highest BCUT2D eigenvalue weighted by Gasteiger charge is 2.43. The van der Waals surface area contributed by atoms with Gasteiger partial charge in [-0.2, -0.15) is 13.2 Å². The van der Waals surface area contributed by atoms with E-state index in [1.54, 1.807) is 0 Å². The lowest BCUT2D eigenvalue weighted by molar-refractivity contribution is -0.186. The van der Waals surface area contributed by atoms with E-state index in [4.69, 9.17) is 5.73 Å². The maximum Gasteiger partial charge on any atom is 0.400 e. The monoisotopic (exact) mass is 224 g/mol. The van der Waals surface area contributed by atoms with Gasteiger partial charge in [0.25, 0.3) is 0 Å². The summed E-state index contributed by atoms with van der Waals surface area (Å²) >= 11 is 0. The maximum absolute atomic E-state index is 12.3. The molecule has 1 aliphatic rings. The second-order valence-electron chi connectivity index (χ2n) is 3.95. The van der Waals surface area contributed by atoms with Gasteiger partial charge in [0.05, 0.1) is 0 Å². The quantitative estimate of drug-likeness (QED) is 0.725. The molecule has 2 N–H and O–H groups in total. The van der Waals surface area contributed by atoms with Crippen molar-refractivity contribution in [3.8, 4) is 0 Å². The average Bonchev–Trinajstić information content (AvgIpc) is 2.14. The number of likely N-dealkylation sites (tertiary alicyclic amines) is 1. The van der Waals surface area contributed by atoms with E-state index in [2.05, 4.69) is 0 Å². The first kappa shape index (κ1) is 12.3. The van der Waals surface area contributed by atoms with Gasteiger partial charge in [0.15, 0.2) is 0 Å². The van der Waals surface area contributed by atoms with Crippen molar-refractivity contribution < 1.29 is 18.0 Å². The number of piperidine rings is 1. The van der Waals surface area contributed by atoms with Gasteiger partial charge < -0.3 is 10.6 Å². The van der Waals surface area contributed by atoms with Crippen LogP contribution in [-0.2, 0) is 4.79 Å². The molecule has 1 aliphatic heterocycles. The first-order valence-corrected chi connectivity index (χ1v) is 4.93. The van der Waals surface area contributed by atoms with Gasteiger partial charge in [-0.05, 0) is 19.8 Å². The Hall–Kier alpha value is -0.780. The average molecular weight is 224 g/mol. The summed E-state index contributed by atoms with van der Waals surface area (Å²) in [6.07, 6.45) is -3.01. The summed E-state index contributed by atoms with van der Waals surface area (Å²) < 4.78 is 36.8. The molecule has 1 heterocycles. The highest BCUT2D eigenvalue weighted by molar-refractivity contribution is 5.79. The van der Waals surface area contributed by atoms with E-state index < -0.39 is 18.0 Å². The van der Waals surface area contributed by atoms with E-state index in [-0.39, 0.29) is 12.6 Å². The molecule has 0 bridgehead atoms. The normalized spacial score (nSPS) is 25.1. The first-order chi connectivity index (χ1) is 6.82. The smallest absolute Gasteiger partial charge is 0.341 e. The molecular weight excluding hydrogens is 209 g/mol. The van der Waals surface area contributed by atoms with Crippen LogP contribution in [0.4, 0.5) is 13.2 Å². The van der Waals surface area contributed by atoms with Crippen LogP contribution >= 0.6 is 0 Å². The fourth-order valence-electron chi connectivity index (χ4n) is 1.62. The number of alkyl halides is 3. The molecule has 0 aliphatic carbocycles. The molecule has 15 heavy (non-hydrogen) atoms. The molecule has 0 aromatic rings. The second-order valence-corrected chi connectivity index (χ2v) is 3.95. The maximum atomic E-state index is 12.3. The van der Waals surface area contributed by atoms with Gasteiger partial charge in [-0.15, -0.1) is 0 Å². The predicted molar refractivity (Wildman–Crippen MR) is 49.0 cm³/mol. The van der Waals surface area contributed by atoms with E-state index in [9.17, 15) is 18.0 Å². The Morgan fingerprint density at radius 2 is 2.13 bits per heavy atom. The topological polar surface area (TPSA) is 46.3 Å². The first-order valence-electron chi connectivity index (χ1n) is 4.93. The largest absolute Gasteiger partial charge is 0.400 e. The Morgan fingerprint density at radius 3 is 2.60 bits per heavy atom. The number of nitrogens with two attached hydrogens (primary N) is 1. The van der Waals surface area contributed by atoms with Crippen LogP contribution in [0.3, 0.4) is 0 Å². The molecule has 88 valence electrons. The lowest BCUT2D eigenvalue weighted by Crippen LogP contribution is -2.49. The van der Waals surface area contributed by atoms with Gasteiger partial charge in [-0.25, -0.2) is 0 Å². The molecular formula is C9H15F3N2O. The van der Waals surface area contributed by atoms with Crippen LogP contribution in [0.25, 0.3) is 0 Å². The highest BCUT2D eigenvalue weighted by atomic mass is 19.4. The fourth-order valence-corrected chi connectivity index (χ4v) is 1.62. The van der Waals surface area contributed by atoms with Crippen molar-refractivity contribution in [2.75, 3.05) is 13.1 Å². The minimum Gasteiger partial charge on any atom is -0.341 e. The molecule has 1 amide bonds. The molecule has 1 saturated heterocycles. The number of rotatable bonds is 1. The zero-order chi connectivity index (χ0) is 11.6. The van der Waals surface area contributed by atoms with Crippen molar-refractivity contribution in [3.05, 3.63) is 0 Å². The van der Waals surface area contributed by atoms with E-state index in [0.29, 0.717) is 13.0 Å². The van der Waals surface area contributed by atoms with E-state index in [1.807, 2.05) is 0 Å². The van der Waals surface area contributed by atoms with Gasteiger partial charge in [0.2, 0.25) is 5.91 Å². The van der Waals surface area contributed by atoms with Crippen LogP contribution in [0, 0.1) is 5.92 Å². The summed E-state index contributed by atoms with van der Waals surface area (Å²) in [7, 11) is 0. The van der Waals surface area contributed by atoms with Crippen LogP contribution in [-0.4, -0.2) is 36.1 Å². The third-order valence-corrected chi connectivity index (χ3v) is 2.63. The minimum absolute atomic E-state index is 0.192. The molecule has 1 unspecified atom stereocenters. The zero-order valence-electron chi connectivity index (χ0n) is 8.55. The molecule has 0 radical (unpaired) electrons. The number of halogens is 3. The van der Waals surface area contributed by atoms with Crippen LogP contribution < -0.4 is 5.73 Å². The summed E-state index contributed by atoms with van der Waals surface area (Å²) in [5.41, 5.74) is 5.60. The Balaban J connectivity index is 2.60. The lowest BCUT2D eigenvalue weighted by atomic mass is 10.0. The molecule has 2 atom stereocenters. The molecule has 6 heteroatoms. The van der Waals surface area contributed by atoms with Crippen molar-refractivity contribution in [1.82, 2.24) is 4.90 Å². The summed E-state index contributed by atoms with van der Waals surface area (Å²) in [6.45, 7) is 1.51. The van der Waals surface area contributed by atoms with Gasteiger partial charge >= 0.3 is 6.18 Å². The SMILES string of the molecule is CC(C(=O)N1CCC[C@@H](N)C1)C(F)(F)F. The second kappa shape index (κ2) is 4.38. The number of carbonyl (C=O) groups excluding carboxylic acids is 1. The number of carbonyl (C=O) groups is 1. The minimum atomic E-state index is -4.46. The van der Waals surface area contributed by atoms with Crippen LogP contribution in [0.5, 0.6) is 0 Å². The molecule has 3 nitrogen and oxygen atoms in total. The van der Waals surface area contributed by atoms with Crippen LogP contribution in [0.2, 0.25) is 0 Å². The fraction of sp³-hybridized carbons (Fsp3) is 0.889. The number of amides is 1. The summed E-state index contributed by atoms with van der Waals surface area (Å²) in [6, 6.07) is -0.192. The highest BCUT2D eigenvalue weighted by Crippen LogP contribution is 2.28. The standard InChI is InChI=1S/C9H15F3N2O/c1-6(9(10,11)12)8(15)14-4-2-3-7(13)5-14/h6-7H,2-5,13H2,1H3/t6?,7-/m1/s1. The molecule has 0 saturated carbocycles. The zero-order valence-corrected chi connectivity index (χ0v) is 8.55. The molecule has 0 aromatic carbocycles. The Kier molecular flexibility index (Phi) is 3.59. The predicted octanol–water partition coefficient (Wildman–Crippen LogP) is 1.13. The van der Waals surface area contributed by atoms with Crippen LogP contribution in [0.1, 0.15) is 19.8 Å². The number of hydrogen-bond donors (Lipinski definition) is 1. The molecule has 1 fully saturated rings. The Bertz CT molecular complexity index is 242. The van der Waals surface area contributed by atoms with E-state index in [1.165, 1.54) is 4.90 Å². The Labute approximate surface area is 86.4 Å². The van der Waals surface area contributed by atoms with E-state index >= 15 is 0 Å². The van der Waals surface area contributed by atoms with Crippen molar-refractivity contribution in [3.63, 3.8) is 0 Å². The molecule has 0 spiro atoms. The van der Waals surface area contributed by atoms with Crippen LogP contribution in [0.15, 0.2) is 0 Å². The summed E-state index contributed by atoms with van der Waals surface area (Å²) in [5, 5.41) is 0. The number of hydrogen-bond acceptors (Lipinski definition) is 2.